The molecule has 2 aliphatic carbocycles. The Morgan fingerprint density at radius 3 is 2.57 bits per heavy atom. The van der Waals surface area contributed by atoms with Crippen molar-refractivity contribution in [2.24, 2.45) is 5.92 Å². The summed E-state index contributed by atoms with van der Waals surface area (Å²) in [6, 6.07) is 7.72. The Morgan fingerprint density at radius 1 is 1.10 bits per heavy atom. The van der Waals surface area contributed by atoms with Gasteiger partial charge in [-0.05, 0) is 61.8 Å². The van der Waals surface area contributed by atoms with Crippen LogP contribution in [0.2, 0.25) is 0 Å². The van der Waals surface area contributed by atoms with E-state index in [0.717, 1.165) is 11.7 Å². The molecule has 2 heteroatoms. The SMILES string of the molecule is COc1ccc2c(c1)C(N[C@H](C)C1CCCCCC1)CC2. The van der Waals surface area contributed by atoms with E-state index in [1.165, 1.54) is 62.5 Å². The zero-order valence-corrected chi connectivity index (χ0v) is 13.5. The number of methoxy groups -OCH3 is 1. The summed E-state index contributed by atoms with van der Waals surface area (Å²) in [5.74, 6) is 1.85. The number of rotatable bonds is 4. The fourth-order valence-electron chi connectivity index (χ4n) is 4.14. The molecule has 0 aromatic heterocycles. The molecule has 1 unspecified atom stereocenters. The molecule has 0 amide bonds. The minimum Gasteiger partial charge on any atom is -0.497 e. The highest BCUT2D eigenvalue weighted by Crippen LogP contribution is 2.35. The maximum absolute atomic E-state index is 5.40. The van der Waals surface area contributed by atoms with Crippen molar-refractivity contribution < 1.29 is 4.74 Å². The second-order valence-electron chi connectivity index (χ2n) is 6.86. The van der Waals surface area contributed by atoms with E-state index in [4.69, 9.17) is 4.74 Å². The molecule has 1 N–H and O–H groups in total. The Kier molecular flexibility index (Phi) is 4.84. The number of nitrogens with one attached hydrogen (secondary N) is 1. The summed E-state index contributed by atoms with van der Waals surface area (Å²) < 4.78 is 5.40. The van der Waals surface area contributed by atoms with E-state index in [9.17, 15) is 0 Å². The van der Waals surface area contributed by atoms with Crippen LogP contribution < -0.4 is 10.1 Å². The van der Waals surface area contributed by atoms with E-state index < -0.39 is 0 Å². The first-order chi connectivity index (χ1) is 10.3. The largest absolute Gasteiger partial charge is 0.497 e. The van der Waals surface area contributed by atoms with Crippen LogP contribution in [0.25, 0.3) is 0 Å². The van der Waals surface area contributed by atoms with Gasteiger partial charge in [-0.15, -0.1) is 0 Å². The van der Waals surface area contributed by atoms with Gasteiger partial charge in [0.25, 0.3) is 0 Å². The van der Waals surface area contributed by atoms with Gasteiger partial charge < -0.3 is 10.1 Å². The monoisotopic (exact) mass is 287 g/mol. The zero-order valence-electron chi connectivity index (χ0n) is 13.5. The van der Waals surface area contributed by atoms with E-state index in [1.807, 2.05) is 0 Å². The summed E-state index contributed by atoms with van der Waals surface area (Å²) in [6.45, 7) is 2.40. The second kappa shape index (κ2) is 6.83. The lowest BCUT2D eigenvalue weighted by Crippen LogP contribution is -2.35. The molecule has 21 heavy (non-hydrogen) atoms. The summed E-state index contributed by atoms with van der Waals surface area (Å²) >= 11 is 0. The van der Waals surface area contributed by atoms with Crippen molar-refractivity contribution in [3.8, 4) is 5.75 Å². The van der Waals surface area contributed by atoms with E-state index in [2.05, 4.69) is 30.4 Å². The number of ether oxygens (including phenoxy) is 1. The second-order valence-corrected chi connectivity index (χ2v) is 6.86. The normalized spacial score (nSPS) is 24.4. The van der Waals surface area contributed by atoms with Crippen LogP contribution in [-0.2, 0) is 6.42 Å². The van der Waals surface area contributed by atoms with Crippen molar-refractivity contribution in [3.05, 3.63) is 29.3 Å². The number of benzene rings is 1. The van der Waals surface area contributed by atoms with Gasteiger partial charge in [0.1, 0.15) is 5.75 Å². The summed E-state index contributed by atoms with van der Waals surface area (Å²) in [6.07, 6.45) is 11.0. The third-order valence-corrected chi connectivity index (χ3v) is 5.50. The third kappa shape index (κ3) is 3.42. The van der Waals surface area contributed by atoms with Crippen LogP contribution in [0, 0.1) is 5.92 Å². The van der Waals surface area contributed by atoms with Crippen molar-refractivity contribution in [1.29, 1.82) is 0 Å². The van der Waals surface area contributed by atoms with Gasteiger partial charge in [0.2, 0.25) is 0 Å². The Bertz CT molecular complexity index is 463. The van der Waals surface area contributed by atoms with Crippen molar-refractivity contribution in [2.75, 3.05) is 7.11 Å². The van der Waals surface area contributed by atoms with Gasteiger partial charge in [-0.2, -0.15) is 0 Å². The number of aryl methyl sites for hydroxylation is 1. The quantitative estimate of drug-likeness (QED) is 0.815. The van der Waals surface area contributed by atoms with E-state index in [1.54, 1.807) is 7.11 Å². The first kappa shape index (κ1) is 14.9. The van der Waals surface area contributed by atoms with E-state index in [0.29, 0.717) is 12.1 Å². The van der Waals surface area contributed by atoms with Gasteiger partial charge in [0.15, 0.2) is 0 Å². The Balaban J connectivity index is 1.66. The van der Waals surface area contributed by atoms with Crippen molar-refractivity contribution in [2.45, 2.75) is 70.4 Å². The van der Waals surface area contributed by atoms with Gasteiger partial charge in [-0.3, -0.25) is 0 Å². The van der Waals surface area contributed by atoms with Gasteiger partial charge >= 0.3 is 0 Å². The predicted octanol–water partition coefficient (Wildman–Crippen LogP) is 4.63. The highest BCUT2D eigenvalue weighted by Gasteiger charge is 2.27. The van der Waals surface area contributed by atoms with Crippen LogP contribution in [0.5, 0.6) is 5.75 Å². The minimum atomic E-state index is 0.522. The lowest BCUT2D eigenvalue weighted by molar-refractivity contribution is 0.309. The highest BCUT2D eigenvalue weighted by atomic mass is 16.5. The van der Waals surface area contributed by atoms with Crippen LogP contribution >= 0.6 is 0 Å². The van der Waals surface area contributed by atoms with Crippen LogP contribution in [-0.4, -0.2) is 13.2 Å². The molecule has 2 aliphatic rings. The fraction of sp³-hybridized carbons (Fsp3) is 0.684. The summed E-state index contributed by atoms with van der Waals surface area (Å²) in [7, 11) is 1.76. The third-order valence-electron chi connectivity index (χ3n) is 5.50. The molecule has 116 valence electrons. The lowest BCUT2D eigenvalue weighted by atomic mass is 9.92. The minimum absolute atomic E-state index is 0.522. The first-order valence-corrected chi connectivity index (χ1v) is 8.71. The van der Waals surface area contributed by atoms with Crippen LogP contribution in [0.1, 0.15) is 69.0 Å². The molecule has 0 radical (unpaired) electrons. The maximum atomic E-state index is 5.40. The first-order valence-electron chi connectivity index (χ1n) is 8.71. The number of hydrogen-bond acceptors (Lipinski definition) is 2. The van der Waals surface area contributed by atoms with Gasteiger partial charge in [-0.1, -0.05) is 31.7 Å². The van der Waals surface area contributed by atoms with Gasteiger partial charge in [0, 0.05) is 12.1 Å². The van der Waals surface area contributed by atoms with Gasteiger partial charge in [-0.25, -0.2) is 0 Å². The lowest BCUT2D eigenvalue weighted by Gasteiger charge is -2.27. The molecule has 0 aliphatic heterocycles. The molecule has 0 spiro atoms. The van der Waals surface area contributed by atoms with Gasteiger partial charge in [0.05, 0.1) is 7.11 Å². The molecule has 2 atom stereocenters. The van der Waals surface area contributed by atoms with E-state index >= 15 is 0 Å². The Labute approximate surface area is 129 Å². The summed E-state index contributed by atoms with van der Waals surface area (Å²) in [4.78, 5) is 0. The molecule has 1 aromatic rings. The van der Waals surface area contributed by atoms with Crippen molar-refractivity contribution in [3.63, 3.8) is 0 Å². The zero-order chi connectivity index (χ0) is 14.7. The Morgan fingerprint density at radius 2 is 1.86 bits per heavy atom. The van der Waals surface area contributed by atoms with Crippen molar-refractivity contribution >= 4 is 0 Å². The fourth-order valence-corrected chi connectivity index (χ4v) is 4.14. The molecule has 0 heterocycles. The van der Waals surface area contributed by atoms with Crippen LogP contribution in [0.3, 0.4) is 0 Å². The molecule has 3 rings (SSSR count). The molecular formula is C19H29NO. The van der Waals surface area contributed by atoms with Crippen LogP contribution in [0.15, 0.2) is 18.2 Å². The molecule has 0 bridgehead atoms. The molecular weight excluding hydrogens is 258 g/mol. The molecule has 2 nitrogen and oxygen atoms in total. The van der Waals surface area contributed by atoms with Crippen LogP contribution in [0.4, 0.5) is 0 Å². The van der Waals surface area contributed by atoms with E-state index in [-0.39, 0.29) is 0 Å². The number of hydrogen-bond donors (Lipinski definition) is 1. The molecule has 0 saturated heterocycles. The number of fused-ring (bicyclic) bond motifs is 1. The molecule has 1 fully saturated rings. The predicted molar refractivity (Wildman–Crippen MR) is 87.8 cm³/mol. The topological polar surface area (TPSA) is 21.3 Å². The van der Waals surface area contributed by atoms with Crippen molar-refractivity contribution in [1.82, 2.24) is 5.32 Å². The summed E-state index contributed by atoms with van der Waals surface area (Å²) in [5.41, 5.74) is 2.97. The average molecular weight is 287 g/mol. The average Bonchev–Trinajstić information content (AvgIpc) is 2.74. The Hall–Kier alpha value is -1.02. The summed E-state index contributed by atoms with van der Waals surface area (Å²) in [5, 5.41) is 3.93. The highest BCUT2D eigenvalue weighted by molar-refractivity contribution is 5.40. The molecule has 1 aromatic carbocycles. The maximum Gasteiger partial charge on any atom is 0.119 e. The molecule has 1 saturated carbocycles. The smallest absolute Gasteiger partial charge is 0.119 e. The standard InChI is InChI=1S/C19H29NO/c1-14(15-7-5-3-4-6-8-15)20-19-12-10-16-9-11-17(21-2)13-18(16)19/h9,11,13-15,19-20H,3-8,10,12H2,1-2H3/t14-,19?/m1/s1.